The van der Waals surface area contributed by atoms with E-state index >= 15 is 0 Å². The molecule has 2 aromatic rings. The van der Waals surface area contributed by atoms with Crippen LogP contribution >= 0.6 is 90.4 Å². The van der Waals surface area contributed by atoms with Gasteiger partial charge in [0.2, 0.25) is 0 Å². The molecule has 37 heavy (non-hydrogen) atoms. The fourth-order valence-electron chi connectivity index (χ4n) is 6.27. The number of unbranched alkanes of at least 4 members (excludes halogenated alkanes) is 14. The highest BCUT2D eigenvalue weighted by Gasteiger charge is 2.42. The van der Waals surface area contributed by atoms with Crippen LogP contribution in [-0.2, 0) is 5.41 Å². The maximum atomic E-state index is 2.53. The van der Waals surface area contributed by atoms with Gasteiger partial charge in [-0.15, -0.1) is 0 Å². The molecule has 2 aromatic carbocycles. The van der Waals surface area contributed by atoms with Gasteiger partial charge in [-0.1, -0.05) is 147 Å². The summed E-state index contributed by atoms with van der Waals surface area (Å²) >= 11 is 10.1. The van der Waals surface area contributed by atoms with Crippen molar-refractivity contribution in [1.82, 2.24) is 0 Å². The van der Waals surface area contributed by atoms with Gasteiger partial charge in [0.1, 0.15) is 0 Å². The topological polar surface area (TPSA) is 0 Å². The summed E-state index contributed by atoms with van der Waals surface area (Å²) in [7, 11) is 0. The molecule has 0 atom stereocenters. The highest BCUT2D eigenvalue weighted by molar-refractivity contribution is 14.1. The first kappa shape index (κ1) is 32.9. The van der Waals surface area contributed by atoms with Gasteiger partial charge < -0.3 is 0 Å². The van der Waals surface area contributed by atoms with Gasteiger partial charge in [-0.05, 0) is 126 Å². The average Bonchev–Trinajstić information content (AvgIpc) is 3.15. The van der Waals surface area contributed by atoms with Crippen molar-refractivity contribution in [2.75, 3.05) is 8.86 Å². The van der Waals surface area contributed by atoms with Crippen LogP contribution in [0.2, 0.25) is 0 Å². The second-order valence-corrected chi connectivity index (χ2v) is 15.6. The number of halogens is 4. The summed E-state index contributed by atoms with van der Waals surface area (Å²) in [5.74, 6) is 0. The largest absolute Gasteiger partial charge is 0.0864 e. The zero-order valence-electron chi connectivity index (χ0n) is 22.6. The maximum absolute atomic E-state index is 2.53. The molecule has 206 valence electrons. The number of hydrogen-bond acceptors (Lipinski definition) is 0. The van der Waals surface area contributed by atoms with E-state index in [1.54, 1.807) is 11.1 Å². The van der Waals surface area contributed by atoms with Crippen molar-refractivity contribution in [1.29, 1.82) is 0 Å². The number of fused-ring (bicyclic) bond motifs is 3. The molecule has 0 aromatic heterocycles. The summed E-state index contributed by atoms with van der Waals surface area (Å²) in [4.78, 5) is 0. The Morgan fingerprint density at radius 1 is 0.432 bits per heavy atom. The Kier molecular flexibility index (Phi) is 16.6. The monoisotopic (exact) mass is 950 g/mol. The Balaban J connectivity index is 1.64. The van der Waals surface area contributed by atoms with E-state index in [2.05, 4.69) is 127 Å². The van der Waals surface area contributed by atoms with E-state index < -0.39 is 0 Å². The highest BCUT2D eigenvalue weighted by Crippen LogP contribution is 2.54. The molecular weight excluding hydrogens is 904 g/mol. The second kappa shape index (κ2) is 18.7. The molecule has 0 radical (unpaired) electrons. The first-order chi connectivity index (χ1) is 18.1. The van der Waals surface area contributed by atoms with Crippen molar-refractivity contribution in [3.63, 3.8) is 0 Å². The molecule has 0 aliphatic heterocycles. The normalized spacial score (nSPS) is 13.6. The third-order valence-corrected chi connectivity index (χ3v) is 11.1. The van der Waals surface area contributed by atoms with E-state index in [4.69, 9.17) is 0 Å². The molecule has 4 heteroatoms. The molecule has 0 N–H and O–H groups in total. The third-order valence-electron chi connectivity index (χ3n) is 8.26. The van der Waals surface area contributed by atoms with Crippen molar-refractivity contribution >= 4 is 90.4 Å². The molecule has 0 fully saturated rings. The van der Waals surface area contributed by atoms with Gasteiger partial charge in [0, 0.05) is 12.6 Å². The molecule has 0 saturated carbocycles. The number of alkyl halides is 2. The Bertz CT molecular complexity index is 847. The molecule has 0 saturated heterocycles. The summed E-state index contributed by atoms with van der Waals surface area (Å²) < 4.78 is 5.42. The van der Waals surface area contributed by atoms with Gasteiger partial charge >= 0.3 is 0 Å². The zero-order valence-corrected chi connectivity index (χ0v) is 31.2. The van der Waals surface area contributed by atoms with Crippen LogP contribution in [0.15, 0.2) is 36.4 Å². The second-order valence-electron chi connectivity index (χ2n) is 11.0. The summed E-state index contributed by atoms with van der Waals surface area (Å²) in [6.45, 7) is 0. The number of rotatable bonds is 20. The molecule has 0 heterocycles. The number of benzene rings is 2. The van der Waals surface area contributed by atoms with Gasteiger partial charge in [0.05, 0.1) is 0 Å². The predicted molar refractivity (Wildman–Crippen MR) is 199 cm³/mol. The first-order valence-corrected chi connectivity index (χ1v) is 20.1. The van der Waals surface area contributed by atoms with Gasteiger partial charge in [0.15, 0.2) is 0 Å². The highest BCUT2D eigenvalue weighted by atomic mass is 127. The third kappa shape index (κ3) is 10.3. The van der Waals surface area contributed by atoms with E-state index in [-0.39, 0.29) is 5.41 Å². The van der Waals surface area contributed by atoms with E-state index in [9.17, 15) is 0 Å². The van der Waals surface area contributed by atoms with Crippen LogP contribution in [0.5, 0.6) is 0 Å². The zero-order chi connectivity index (χ0) is 26.3. The van der Waals surface area contributed by atoms with Crippen LogP contribution in [0.4, 0.5) is 0 Å². The van der Waals surface area contributed by atoms with Gasteiger partial charge in [0.25, 0.3) is 0 Å². The minimum atomic E-state index is 0.216. The summed E-state index contributed by atoms with van der Waals surface area (Å²) in [6.07, 6.45) is 25.2. The standard InChI is InChI=1S/C33H46I4/c34-23-15-11-7-3-1-5-9-13-21-33(22-14-10-6-2-4-8-12-16-24-35)31-25-27(36)17-19-29(31)30-20-18-28(37)26-32(30)33/h17-20,25-26H,1-16,21-24H2. The summed E-state index contributed by atoms with van der Waals surface area (Å²) in [6, 6.07) is 14.5. The van der Waals surface area contributed by atoms with Crippen LogP contribution in [0, 0.1) is 7.14 Å². The van der Waals surface area contributed by atoms with E-state index in [0.29, 0.717) is 0 Å². The molecule has 0 spiro atoms. The molecule has 0 amide bonds. The molecule has 1 aliphatic carbocycles. The van der Waals surface area contributed by atoms with Crippen molar-refractivity contribution < 1.29 is 0 Å². The Morgan fingerprint density at radius 2 is 0.757 bits per heavy atom. The minimum absolute atomic E-state index is 0.216. The fraction of sp³-hybridized carbons (Fsp3) is 0.636. The smallest absolute Gasteiger partial charge is 0.0216 e. The summed E-state index contributed by atoms with van der Waals surface area (Å²) in [5.41, 5.74) is 6.51. The van der Waals surface area contributed by atoms with Crippen LogP contribution in [0.25, 0.3) is 11.1 Å². The molecule has 0 nitrogen and oxygen atoms in total. The van der Waals surface area contributed by atoms with E-state index in [1.807, 2.05) is 0 Å². The first-order valence-electron chi connectivity index (χ1n) is 14.8. The SMILES string of the molecule is ICCCCCCCCCCC1(CCCCCCCCCCI)c2cc(I)ccc2-c2ccc(I)cc21. The molecule has 0 unspecified atom stereocenters. The quantitative estimate of drug-likeness (QED) is 0.0705. The molecular formula is C33H46I4. The minimum Gasteiger partial charge on any atom is -0.0864 e. The Morgan fingerprint density at radius 3 is 1.11 bits per heavy atom. The lowest BCUT2D eigenvalue weighted by molar-refractivity contribution is 0.397. The maximum Gasteiger partial charge on any atom is 0.0216 e. The number of hydrogen-bond donors (Lipinski definition) is 0. The lowest BCUT2D eigenvalue weighted by atomic mass is 9.70. The van der Waals surface area contributed by atoms with Crippen LogP contribution in [-0.4, -0.2) is 8.86 Å². The van der Waals surface area contributed by atoms with E-state index in [0.717, 1.165) is 0 Å². The van der Waals surface area contributed by atoms with Crippen LogP contribution < -0.4 is 0 Å². The van der Waals surface area contributed by atoms with E-state index in [1.165, 1.54) is 143 Å². The Hall–Kier alpha value is 1.36. The predicted octanol–water partition coefficient (Wildman–Crippen LogP) is 13.1. The summed E-state index contributed by atoms with van der Waals surface area (Å²) in [5, 5.41) is 0. The fourth-order valence-corrected chi connectivity index (χ4v) is 8.33. The van der Waals surface area contributed by atoms with Gasteiger partial charge in [-0.2, -0.15) is 0 Å². The van der Waals surface area contributed by atoms with Crippen molar-refractivity contribution in [3.05, 3.63) is 54.7 Å². The molecule has 3 rings (SSSR count). The Labute approximate surface area is 282 Å². The van der Waals surface area contributed by atoms with Crippen LogP contribution in [0.1, 0.15) is 127 Å². The van der Waals surface area contributed by atoms with Gasteiger partial charge in [-0.25, -0.2) is 0 Å². The lowest BCUT2D eigenvalue weighted by Gasteiger charge is -2.33. The average molecular weight is 950 g/mol. The van der Waals surface area contributed by atoms with Gasteiger partial charge in [-0.3, -0.25) is 0 Å². The van der Waals surface area contributed by atoms with Crippen LogP contribution in [0.3, 0.4) is 0 Å². The molecule has 1 aliphatic rings. The van der Waals surface area contributed by atoms with Crippen molar-refractivity contribution in [3.8, 4) is 11.1 Å². The lowest BCUT2D eigenvalue weighted by Crippen LogP contribution is -2.25. The van der Waals surface area contributed by atoms with Crippen molar-refractivity contribution in [2.45, 2.75) is 121 Å². The van der Waals surface area contributed by atoms with Crippen molar-refractivity contribution in [2.24, 2.45) is 0 Å². The molecule has 0 bridgehead atoms.